The summed E-state index contributed by atoms with van der Waals surface area (Å²) in [6, 6.07) is 7.81. The molecule has 1 aromatic carbocycles. The minimum atomic E-state index is -0.194. The van der Waals surface area contributed by atoms with Crippen molar-refractivity contribution in [2.45, 2.75) is 51.6 Å². The number of H-pyrrole nitrogens is 1. The highest BCUT2D eigenvalue weighted by Crippen LogP contribution is 2.17. The minimum absolute atomic E-state index is 0.148. The van der Waals surface area contributed by atoms with Gasteiger partial charge in [0, 0.05) is 18.2 Å². The molecule has 1 heterocycles. The second-order valence-corrected chi connectivity index (χ2v) is 6.32. The van der Waals surface area contributed by atoms with E-state index in [-0.39, 0.29) is 24.2 Å². The molecule has 23 heavy (non-hydrogen) atoms. The summed E-state index contributed by atoms with van der Waals surface area (Å²) in [5.41, 5.74) is 2.31. The third kappa shape index (κ3) is 3.73. The van der Waals surface area contributed by atoms with Crippen molar-refractivity contribution in [3.05, 3.63) is 45.7 Å². The molecule has 0 radical (unpaired) electrons. The number of amides is 2. The SMILES string of the molecule is Cc1cccc2cc(CNC(=O)NC3CCCCC3)c(=O)[nH]c12. The van der Waals surface area contributed by atoms with E-state index >= 15 is 0 Å². The number of benzene rings is 1. The normalized spacial score (nSPS) is 15.5. The number of carbonyl (C=O) groups is 1. The maximum absolute atomic E-state index is 12.2. The van der Waals surface area contributed by atoms with Gasteiger partial charge in [-0.2, -0.15) is 0 Å². The molecule has 5 nitrogen and oxygen atoms in total. The molecule has 1 aromatic heterocycles. The summed E-state index contributed by atoms with van der Waals surface area (Å²) < 4.78 is 0. The molecule has 2 aromatic rings. The second kappa shape index (κ2) is 6.86. The maximum atomic E-state index is 12.2. The van der Waals surface area contributed by atoms with Crippen molar-refractivity contribution in [3.63, 3.8) is 0 Å². The summed E-state index contributed by atoms with van der Waals surface area (Å²) in [6.45, 7) is 2.20. The molecule has 2 amide bonds. The number of aromatic amines is 1. The van der Waals surface area contributed by atoms with E-state index in [0.29, 0.717) is 5.56 Å². The molecule has 1 aliphatic rings. The number of rotatable bonds is 3. The van der Waals surface area contributed by atoms with Gasteiger partial charge in [-0.1, -0.05) is 37.5 Å². The number of urea groups is 1. The van der Waals surface area contributed by atoms with E-state index < -0.39 is 0 Å². The van der Waals surface area contributed by atoms with Crippen LogP contribution < -0.4 is 16.2 Å². The lowest BCUT2D eigenvalue weighted by molar-refractivity contribution is 0.232. The van der Waals surface area contributed by atoms with Gasteiger partial charge in [0.15, 0.2) is 0 Å². The average molecular weight is 313 g/mol. The standard InChI is InChI=1S/C18H23N3O2/c1-12-6-5-7-13-10-14(17(22)21-16(12)13)11-19-18(23)20-15-8-3-2-4-9-15/h5-7,10,15H,2-4,8-9,11H2,1H3,(H,21,22)(H2,19,20,23). The van der Waals surface area contributed by atoms with E-state index in [1.54, 1.807) is 0 Å². The first-order chi connectivity index (χ1) is 11.1. The van der Waals surface area contributed by atoms with E-state index in [2.05, 4.69) is 15.6 Å². The van der Waals surface area contributed by atoms with Gasteiger partial charge in [-0.25, -0.2) is 4.79 Å². The van der Waals surface area contributed by atoms with Crippen molar-refractivity contribution < 1.29 is 4.79 Å². The highest BCUT2D eigenvalue weighted by molar-refractivity contribution is 5.82. The van der Waals surface area contributed by atoms with Gasteiger partial charge >= 0.3 is 6.03 Å². The van der Waals surface area contributed by atoms with Crippen molar-refractivity contribution >= 4 is 16.9 Å². The summed E-state index contributed by atoms with van der Waals surface area (Å²) in [5, 5.41) is 6.77. The third-order valence-electron chi connectivity index (χ3n) is 4.54. The summed E-state index contributed by atoms with van der Waals surface area (Å²) in [7, 11) is 0. The Labute approximate surface area is 135 Å². The molecular weight excluding hydrogens is 290 g/mol. The number of hydrogen-bond acceptors (Lipinski definition) is 2. The maximum Gasteiger partial charge on any atom is 0.315 e. The van der Waals surface area contributed by atoms with Crippen LogP contribution in [0, 0.1) is 6.92 Å². The van der Waals surface area contributed by atoms with Crippen molar-refractivity contribution in [2.24, 2.45) is 0 Å². The van der Waals surface area contributed by atoms with Crippen molar-refractivity contribution in [2.75, 3.05) is 0 Å². The lowest BCUT2D eigenvalue weighted by Crippen LogP contribution is -2.43. The fourth-order valence-corrected chi connectivity index (χ4v) is 3.22. The Bertz CT molecular complexity index is 760. The Balaban J connectivity index is 1.65. The Morgan fingerprint density at radius 2 is 2.04 bits per heavy atom. The van der Waals surface area contributed by atoms with Crippen LogP contribution in [-0.2, 0) is 6.54 Å². The zero-order valence-corrected chi connectivity index (χ0v) is 13.4. The van der Waals surface area contributed by atoms with Gasteiger partial charge in [0.05, 0.1) is 5.52 Å². The Morgan fingerprint density at radius 1 is 1.26 bits per heavy atom. The number of aromatic nitrogens is 1. The molecular formula is C18H23N3O2. The van der Waals surface area contributed by atoms with Gasteiger partial charge in [0.25, 0.3) is 5.56 Å². The van der Waals surface area contributed by atoms with Crippen molar-refractivity contribution in [1.82, 2.24) is 15.6 Å². The summed E-state index contributed by atoms with van der Waals surface area (Å²) >= 11 is 0. The fourth-order valence-electron chi connectivity index (χ4n) is 3.22. The topological polar surface area (TPSA) is 74.0 Å². The second-order valence-electron chi connectivity index (χ2n) is 6.32. The van der Waals surface area contributed by atoms with E-state index in [1.807, 2.05) is 31.2 Å². The van der Waals surface area contributed by atoms with Crippen LogP contribution in [0.25, 0.3) is 10.9 Å². The molecule has 0 aliphatic heterocycles. The molecule has 0 atom stereocenters. The molecule has 122 valence electrons. The van der Waals surface area contributed by atoms with Crippen molar-refractivity contribution in [3.8, 4) is 0 Å². The van der Waals surface area contributed by atoms with Gasteiger partial charge in [-0.15, -0.1) is 0 Å². The van der Waals surface area contributed by atoms with Gasteiger partial charge in [-0.3, -0.25) is 4.79 Å². The largest absolute Gasteiger partial charge is 0.335 e. The first kappa shape index (κ1) is 15.6. The first-order valence-corrected chi connectivity index (χ1v) is 8.29. The molecule has 1 aliphatic carbocycles. The van der Waals surface area contributed by atoms with Crippen molar-refractivity contribution in [1.29, 1.82) is 0 Å². The predicted molar refractivity (Wildman–Crippen MR) is 91.6 cm³/mol. The van der Waals surface area contributed by atoms with Gasteiger partial charge in [-0.05, 0) is 36.8 Å². The van der Waals surface area contributed by atoms with E-state index in [9.17, 15) is 9.59 Å². The minimum Gasteiger partial charge on any atom is -0.335 e. The fraction of sp³-hybridized carbons (Fsp3) is 0.444. The van der Waals surface area contributed by atoms with Crippen LogP contribution in [0.1, 0.15) is 43.2 Å². The number of para-hydroxylation sites is 1. The first-order valence-electron chi connectivity index (χ1n) is 8.29. The Morgan fingerprint density at radius 3 is 2.83 bits per heavy atom. The molecule has 0 spiro atoms. The quantitative estimate of drug-likeness (QED) is 0.815. The predicted octanol–water partition coefficient (Wildman–Crippen LogP) is 2.97. The molecule has 0 saturated heterocycles. The van der Waals surface area contributed by atoms with Gasteiger partial charge in [0.2, 0.25) is 0 Å². The third-order valence-corrected chi connectivity index (χ3v) is 4.54. The monoisotopic (exact) mass is 313 g/mol. The number of pyridine rings is 1. The number of fused-ring (bicyclic) bond motifs is 1. The van der Waals surface area contributed by atoms with Crippen LogP contribution in [0.5, 0.6) is 0 Å². The zero-order chi connectivity index (χ0) is 16.2. The smallest absolute Gasteiger partial charge is 0.315 e. The van der Waals surface area contributed by atoms with Crippen LogP contribution in [-0.4, -0.2) is 17.1 Å². The number of aryl methyl sites for hydroxylation is 1. The van der Waals surface area contributed by atoms with E-state index in [1.165, 1.54) is 19.3 Å². The summed E-state index contributed by atoms with van der Waals surface area (Å²) in [5.74, 6) is 0. The highest BCUT2D eigenvalue weighted by Gasteiger charge is 2.15. The molecule has 0 unspecified atom stereocenters. The average Bonchev–Trinajstić information content (AvgIpc) is 2.55. The number of nitrogens with one attached hydrogen (secondary N) is 3. The van der Waals surface area contributed by atoms with Crippen LogP contribution in [0.4, 0.5) is 4.79 Å². The molecule has 1 fully saturated rings. The van der Waals surface area contributed by atoms with E-state index in [0.717, 1.165) is 29.3 Å². The van der Waals surface area contributed by atoms with E-state index in [4.69, 9.17) is 0 Å². The van der Waals surface area contributed by atoms with Crippen LogP contribution in [0.3, 0.4) is 0 Å². The lowest BCUT2D eigenvalue weighted by atomic mass is 9.96. The number of hydrogen-bond donors (Lipinski definition) is 3. The van der Waals surface area contributed by atoms with Crippen LogP contribution in [0.2, 0.25) is 0 Å². The molecule has 3 N–H and O–H groups in total. The molecule has 1 saturated carbocycles. The molecule has 0 bridgehead atoms. The van der Waals surface area contributed by atoms with Gasteiger partial charge < -0.3 is 15.6 Å². The lowest BCUT2D eigenvalue weighted by Gasteiger charge is -2.22. The molecule has 5 heteroatoms. The summed E-state index contributed by atoms with van der Waals surface area (Å²) in [4.78, 5) is 27.0. The summed E-state index contributed by atoms with van der Waals surface area (Å²) in [6.07, 6.45) is 5.70. The van der Waals surface area contributed by atoms with Crippen LogP contribution in [0.15, 0.2) is 29.1 Å². The zero-order valence-electron chi connectivity index (χ0n) is 13.4. The number of carbonyl (C=O) groups excluding carboxylic acids is 1. The Hall–Kier alpha value is -2.30. The molecule has 3 rings (SSSR count). The Kier molecular flexibility index (Phi) is 4.65. The van der Waals surface area contributed by atoms with Crippen LogP contribution >= 0.6 is 0 Å². The van der Waals surface area contributed by atoms with Gasteiger partial charge in [0.1, 0.15) is 0 Å². The highest BCUT2D eigenvalue weighted by atomic mass is 16.2.